The van der Waals surface area contributed by atoms with Crippen LogP contribution in [0.25, 0.3) is 0 Å². The number of rotatable bonds is 6. The molecule has 1 aliphatic carbocycles. The fourth-order valence-electron chi connectivity index (χ4n) is 3.35. The number of methoxy groups -OCH3 is 1. The maximum absolute atomic E-state index is 5.21. The molecule has 4 nitrogen and oxygen atoms in total. The highest BCUT2D eigenvalue weighted by molar-refractivity contribution is 9.10. The van der Waals surface area contributed by atoms with Gasteiger partial charge in [-0.2, -0.15) is 5.10 Å². The molecular weight excluding hydrogens is 318 g/mol. The molecule has 2 unspecified atom stereocenters. The van der Waals surface area contributed by atoms with E-state index < -0.39 is 0 Å². The SMILES string of the molecule is CNCC1CCCCCC1c1c(Br)cnn1CCOC. The van der Waals surface area contributed by atoms with Crippen molar-refractivity contribution in [3.63, 3.8) is 0 Å². The summed E-state index contributed by atoms with van der Waals surface area (Å²) >= 11 is 3.70. The molecule has 1 aromatic heterocycles. The summed E-state index contributed by atoms with van der Waals surface area (Å²) in [4.78, 5) is 0. The first-order chi connectivity index (χ1) is 9.77. The summed E-state index contributed by atoms with van der Waals surface area (Å²) in [6, 6.07) is 0. The molecule has 1 N–H and O–H groups in total. The molecule has 2 rings (SSSR count). The monoisotopic (exact) mass is 343 g/mol. The van der Waals surface area contributed by atoms with Gasteiger partial charge < -0.3 is 10.1 Å². The first kappa shape index (κ1) is 16.0. The van der Waals surface area contributed by atoms with Crippen molar-refractivity contribution in [2.45, 2.75) is 44.6 Å². The smallest absolute Gasteiger partial charge is 0.0658 e. The molecule has 5 heteroatoms. The van der Waals surface area contributed by atoms with Crippen LogP contribution >= 0.6 is 15.9 Å². The van der Waals surface area contributed by atoms with Crippen molar-refractivity contribution in [1.82, 2.24) is 15.1 Å². The summed E-state index contributed by atoms with van der Waals surface area (Å²) in [6.45, 7) is 2.64. The van der Waals surface area contributed by atoms with Crippen LogP contribution in [0.15, 0.2) is 10.7 Å². The van der Waals surface area contributed by atoms with E-state index in [0.717, 1.165) is 17.6 Å². The minimum atomic E-state index is 0.596. The van der Waals surface area contributed by atoms with E-state index in [9.17, 15) is 0 Å². The second-order valence-corrected chi connectivity index (χ2v) is 6.51. The Morgan fingerprint density at radius 1 is 1.40 bits per heavy atom. The van der Waals surface area contributed by atoms with Crippen molar-refractivity contribution in [3.05, 3.63) is 16.4 Å². The number of ether oxygens (including phenoxy) is 1. The van der Waals surface area contributed by atoms with Crippen LogP contribution in [0.3, 0.4) is 0 Å². The van der Waals surface area contributed by atoms with Crippen LogP contribution in [0.5, 0.6) is 0 Å². The van der Waals surface area contributed by atoms with Crippen molar-refractivity contribution in [2.75, 3.05) is 27.3 Å². The lowest BCUT2D eigenvalue weighted by Gasteiger charge is -2.26. The van der Waals surface area contributed by atoms with E-state index in [1.165, 1.54) is 37.8 Å². The van der Waals surface area contributed by atoms with E-state index in [4.69, 9.17) is 4.74 Å². The second-order valence-electron chi connectivity index (χ2n) is 5.66. The van der Waals surface area contributed by atoms with Gasteiger partial charge in [0.2, 0.25) is 0 Å². The molecule has 0 aliphatic heterocycles. The van der Waals surface area contributed by atoms with E-state index >= 15 is 0 Å². The summed E-state index contributed by atoms with van der Waals surface area (Å²) in [5, 5.41) is 7.89. The summed E-state index contributed by atoms with van der Waals surface area (Å²) < 4.78 is 8.49. The topological polar surface area (TPSA) is 39.1 Å². The van der Waals surface area contributed by atoms with E-state index in [0.29, 0.717) is 18.4 Å². The maximum Gasteiger partial charge on any atom is 0.0658 e. The Bertz CT molecular complexity index is 408. The van der Waals surface area contributed by atoms with Gasteiger partial charge in [-0.25, -0.2) is 0 Å². The summed E-state index contributed by atoms with van der Waals surface area (Å²) in [5.74, 6) is 1.30. The van der Waals surface area contributed by atoms with Gasteiger partial charge in [-0.15, -0.1) is 0 Å². The van der Waals surface area contributed by atoms with Crippen molar-refractivity contribution >= 4 is 15.9 Å². The Balaban J connectivity index is 2.23. The highest BCUT2D eigenvalue weighted by Crippen LogP contribution is 2.39. The first-order valence-corrected chi connectivity index (χ1v) is 8.42. The molecule has 0 bridgehead atoms. The quantitative estimate of drug-likeness (QED) is 0.806. The van der Waals surface area contributed by atoms with E-state index in [1.54, 1.807) is 7.11 Å². The molecule has 0 aromatic carbocycles. The molecule has 1 saturated carbocycles. The number of nitrogens with zero attached hydrogens (tertiary/aromatic N) is 2. The highest BCUT2D eigenvalue weighted by atomic mass is 79.9. The molecule has 0 radical (unpaired) electrons. The van der Waals surface area contributed by atoms with Crippen molar-refractivity contribution < 1.29 is 4.74 Å². The normalized spacial score (nSPS) is 23.8. The lowest BCUT2D eigenvalue weighted by atomic mass is 9.85. The van der Waals surface area contributed by atoms with Gasteiger partial charge in [0.15, 0.2) is 0 Å². The first-order valence-electron chi connectivity index (χ1n) is 7.62. The minimum Gasteiger partial charge on any atom is -0.383 e. The minimum absolute atomic E-state index is 0.596. The Morgan fingerprint density at radius 2 is 2.20 bits per heavy atom. The third-order valence-corrected chi connectivity index (χ3v) is 4.93. The average Bonchev–Trinajstić information content (AvgIpc) is 2.66. The Kier molecular flexibility index (Phi) is 6.52. The van der Waals surface area contributed by atoms with Crippen LogP contribution in [-0.4, -0.2) is 37.1 Å². The Hall–Kier alpha value is -0.390. The van der Waals surface area contributed by atoms with Gasteiger partial charge in [-0.05, 0) is 48.3 Å². The fourth-order valence-corrected chi connectivity index (χ4v) is 3.94. The fraction of sp³-hybridized carbons (Fsp3) is 0.800. The number of hydrogen-bond donors (Lipinski definition) is 1. The van der Waals surface area contributed by atoms with E-state index in [2.05, 4.69) is 38.1 Å². The summed E-state index contributed by atoms with van der Waals surface area (Å²) in [5.41, 5.74) is 1.37. The van der Waals surface area contributed by atoms with Crippen LogP contribution < -0.4 is 5.32 Å². The Labute approximate surface area is 130 Å². The molecule has 2 atom stereocenters. The van der Waals surface area contributed by atoms with E-state index in [1.807, 2.05) is 6.20 Å². The van der Waals surface area contributed by atoms with Gasteiger partial charge in [0, 0.05) is 13.0 Å². The van der Waals surface area contributed by atoms with Crippen LogP contribution in [0.4, 0.5) is 0 Å². The molecule has 1 heterocycles. The molecule has 0 spiro atoms. The van der Waals surface area contributed by atoms with Crippen molar-refractivity contribution in [3.8, 4) is 0 Å². The van der Waals surface area contributed by atoms with Crippen molar-refractivity contribution in [1.29, 1.82) is 0 Å². The van der Waals surface area contributed by atoms with E-state index in [-0.39, 0.29) is 0 Å². The predicted molar refractivity (Wildman–Crippen MR) is 85.0 cm³/mol. The van der Waals surface area contributed by atoms with Gasteiger partial charge in [0.25, 0.3) is 0 Å². The molecule has 20 heavy (non-hydrogen) atoms. The molecule has 1 aliphatic rings. The molecular formula is C15H26BrN3O. The number of hydrogen-bond acceptors (Lipinski definition) is 3. The average molecular weight is 344 g/mol. The third-order valence-electron chi connectivity index (χ3n) is 4.32. The number of nitrogens with one attached hydrogen (secondary N) is 1. The molecule has 0 saturated heterocycles. The molecule has 0 amide bonds. The van der Waals surface area contributed by atoms with Gasteiger partial charge in [-0.3, -0.25) is 4.68 Å². The predicted octanol–water partition coefficient (Wildman–Crippen LogP) is 3.18. The maximum atomic E-state index is 5.21. The Morgan fingerprint density at radius 3 is 2.95 bits per heavy atom. The molecule has 1 fully saturated rings. The van der Waals surface area contributed by atoms with Crippen LogP contribution in [0.1, 0.15) is 43.7 Å². The summed E-state index contributed by atoms with van der Waals surface area (Å²) in [7, 11) is 3.80. The lowest BCUT2D eigenvalue weighted by Crippen LogP contribution is -2.26. The zero-order valence-corrected chi connectivity index (χ0v) is 14.2. The van der Waals surface area contributed by atoms with Crippen LogP contribution in [0.2, 0.25) is 0 Å². The van der Waals surface area contributed by atoms with Gasteiger partial charge >= 0.3 is 0 Å². The van der Waals surface area contributed by atoms with Gasteiger partial charge in [0.05, 0.1) is 29.5 Å². The highest BCUT2D eigenvalue weighted by Gasteiger charge is 2.29. The molecule has 114 valence electrons. The zero-order chi connectivity index (χ0) is 14.4. The lowest BCUT2D eigenvalue weighted by molar-refractivity contribution is 0.181. The van der Waals surface area contributed by atoms with Gasteiger partial charge in [-0.1, -0.05) is 19.3 Å². The third kappa shape index (κ3) is 3.83. The zero-order valence-electron chi connectivity index (χ0n) is 12.6. The number of halogens is 1. The summed E-state index contributed by atoms with van der Waals surface area (Å²) in [6.07, 6.45) is 8.56. The number of aromatic nitrogens is 2. The van der Waals surface area contributed by atoms with Crippen LogP contribution in [-0.2, 0) is 11.3 Å². The van der Waals surface area contributed by atoms with Crippen LogP contribution in [0, 0.1) is 5.92 Å². The largest absolute Gasteiger partial charge is 0.383 e. The van der Waals surface area contributed by atoms with Gasteiger partial charge in [0.1, 0.15) is 0 Å². The second kappa shape index (κ2) is 8.15. The standard InChI is InChI=1S/C15H26BrN3O/c1-17-10-12-6-4-3-5-7-13(12)15-14(16)11-18-19(15)8-9-20-2/h11-13,17H,3-10H2,1-2H3. The molecule has 1 aromatic rings. The van der Waals surface area contributed by atoms with Crippen molar-refractivity contribution in [2.24, 2.45) is 5.92 Å².